The van der Waals surface area contributed by atoms with Crippen molar-refractivity contribution in [2.75, 3.05) is 5.32 Å². The Kier molecular flexibility index (Phi) is 6.80. The molecule has 0 radical (unpaired) electrons. The van der Waals surface area contributed by atoms with Crippen molar-refractivity contribution < 1.29 is 29.6 Å². The Morgan fingerprint density at radius 3 is 2.12 bits per heavy atom. The van der Waals surface area contributed by atoms with Gasteiger partial charge in [-0.05, 0) is 19.1 Å². The maximum absolute atomic E-state index is 8.58. The van der Waals surface area contributed by atoms with E-state index in [0.29, 0.717) is 0 Å². The second-order valence-electron chi connectivity index (χ2n) is 2.92. The molecule has 1 N–H and O–H groups in total. The zero-order valence-corrected chi connectivity index (χ0v) is 11.9. The second-order valence-corrected chi connectivity index (χ2v) is 3.33. The minimum Gasteiger partial charge on any atom is -0.760 e. The third kappa shape index (κ3) is 4.22. The van der Waals surface area contributed by atoms with Crippen LogP contribution >= 0.6 is 0 Å². The van der Waals surface area contributed by atoms with Crippen molar-refractivity contribution in [1.29, 1.82) is 10.5 Å². The fourth-order valence-corrected chi connectivity index (χ4v) is 1.17. The molecule has 0 unspecified atom stereocenters. The molecule has 0 heterocycles. The molecular formula is C11H8N3NaS. The molecule has 0 aliphatic carbocycles. The SMILES string of the molecule is Cc1ccc(NC([S-])=C(C#N)C#N)cc1.[Na+]. The summed E-state index contributed by atoms with van der Waals surface area (Å²) in [6.45, 7) is 1.98. The fraction of sp³-hybridized carbons (Fsp3) is 0.0909. The van der Waals surface area contributed by atoms with Crippen LogP contribution in [0.5, 0.6) is 0 Å². The van der Waals surface area contributed by atoms with Crippen LogP contribution in [0.1, 0.15) is 5.56 Å². The molecule has 0 bridgehead atoms. The van der Waals surface area contributed by atoms with Gasteiger partial charge >= 0.3 is 29.6 Å². The fourth-order valence-electron chi connectivity index (χ4n) is 0.957. The summed E-state index contributed by atoms with van der Waals surface area (Å²) in [7, 11) is 0. The molecule has 0 saturated carbocycles. The summed E-state index contributed by atoms with van der Waals surface area (Å²) in [4.78, 5) is 0. The number of nitriles is 2. The van der Waals surface area contributed by atoms with E-state index in [1.165, 1.54) is 0 Å². The van der Waals surface area contributed by atoms with Crippen molar-refractivity contribution >= 4 is 18.3 Å². The van der Waals surface area contributed by atoms with Gasteiger partial charge in [-0.1, -0.05) is 22.7 Å². The Hall–Kier alpha value is -1.04. The number of rotatable bonds is 2. The van der Waals surface area contributed by atoms with Crippen LogP contribution in [0.3, 0.4) is 0 Å². The smallest absolute Gasteiger partial charge is 0.760 e. The van der Waals surface area contributed by atoms with Crippen LogP contribution in [0.15, 0.2) is 34.9 Å². The molecule has 0 atom stereocenters. The predicted octanol–water partition coefficient (Wildman–Crippen LogP) is -0.783. The van der Waals surface area contributed by atoms with E-state index in [0.717, 1.165) is 11.3 Å². The monoisotopic (exact) mass is 237 g/mol. The Morgan fingerprint density at radius 2 is 1.69 bits per heavy atom. The number of aryl methyl sites for hydroxylation is 1. The van der Waals surface area contributed by atoms with Gasteiger partial charge in [-0.2, -0.15) is 10.5 Å². The summed E-state index contributed by atoms with van der Waals surface area (Å²) in [6, 6.07) is 11.0. The third-order valence-corrected chi connectivity index (χ3v) is 2.07. The first kappa shape index (κ1) is 15.0. The maximum Gasteiger partial charge on any atom is 1.00 e. The molecule has 74 valence electrons. The van der Waals surface area contributed by atoms with Gasteiger partial charge in [0.25, 0.3) is 0 Å². The Morgan fingerprint density at radius 1 is 1.19 bits per heavy atom. The first-order chi connectivity index (χ1) is 7.17. The summed E-state index contributed by atoms with van der Waals surface area (Å²) in [5.41, 5.74) is 1.83. The van der Waals surface area contributed by atoms with Gasteiger partial charge in [0.15, 0.2) is 0 Å². The molecule has 1 aromatic rings. The predicted molar refractivity (Wildman–Crippen MR) is 60.4 cm³/mol. The molecule has 0 aliphatic heterocycles. The standard InChI is InChI=1S/C11H9N3S.Na/c1-8-2-4-10(5-3-8)14-11(15)9(6-12)7-13;/h2-5,14-15H,1H3;/q;+1/p-1. The number of benzene rings is 1. The van der Waals surface area contributed by atoms with E-state index < -0.39 is 0 Å². The van der Waals surface area contributed by atoms with E-state index in [9.17, 15) is 0 Å². The van der Waals surface area contributed by atoms with Crippen molar-refractivity contribution in [1.82, 2.24) is 0 Å². The van der Waals surface area contributed by atoms with Crippen LogP contribution in [-0.4, -0.2) is 0 Å². The molecule has 0 fully saturated rings. The minimum atomic E-state index is -0.0782. The van der Waals surface area contributed by atoms with Crippen molar-refractivity contribution in [3.8, 4) is 12.1 Å². The molecular weight excluding hydrogens is 229 g/mol. The molecule has 1 rings (SSSR count). The summed E-state index contributed by atoms with van der Waals surface area (Å²) in [5, 5.41) is 20.1. The van der Waals surface area contributed by atoms with E-state index in [2.05, 4.69) is 5.32 Å². The van der Waals surface area contributed by atoms with E-state index in [1.54, 1.807) is 12.1 Å². The molecule has 0 saturated heterocycles. The molecule has 0 aliphatic rings. The van der Waals surface area contributed by atoms with Gasteiger partial charge in [-0.15, -0.1) is 0 Å². The van der Waals surface area contributed by atoms with Gasteiger partial charge in [0, 0.05) is 5.69 Å². The number of hydrogen-bond donors (Lipinski definition) is 1. The number of allylic oxidation sites excluding steroid dienone is 1. The first-order valence-corrected chi connectivity index (χ1v) is 4.63. The van der Waals surface area contributed by atoms with Gasteiger partial charge in [0.1, 0.15) is 17.7 Å². The molecule has 0 amide bonds. The van der Waals surface area contributed by atoms with Crippen molar-refractivity contribution in [2.24, 2.45) is 0 Å². The van der Waals surface area contributed by atoms with Crippen molar-refractivity contribution in [2.45, 2.75) is 6.92 Å². The largest absolute Gasteiger partial charge is 1.00 e. The number of nitrogens with one attached hydrogen (secondary N) is 1. The minimum absolute atomic E-state index is 0. The zero-order valence-electron chi connectivity index (χ0n) is 9.11. The average molecular weight is 237 g/mol. The summed E-state index contributed by atoms with van der Waals surface area (Å²) >= 11 is 4.90. The first-order valence-electron chi connectivity index (χ1n) is 4.22. The Balaban J connectivity index is 0.00000225. The quantitative estimate of drug-likeness (QED) is 0.416. The molecule has 1 aromatic carbocycles. The number of anilines is 1. The van der Waals surface area contributed by atoms with Gasteiger partial charge in [-0.25, -0.2) is 0 Å². The van der Waals surface area contributed by atoms with Crippen LogP contribution in [-0.2, 0) is 12.6 Å². The maximum atomic E-state index is 8.58. The number of hydrogen-bond acceptors (Lipinski definition) is 4. The Labute approximate surface area is 122 Å². The van der Waals surface area contributed by atoms with Crippen molar-refractivity contribution in [3.63, 3.8) is 0 Å². The van der Waals surface area contributed by atoms with Crippen LogP contribution in [0.4, 0.5) is 5.69 Å². The summed E-state index contributed by atoms with van der Waals surface area (Å²) < 4.78 is 0. The number of nitrogens with zero attached hydrogens (tertiary/aromatic N) is 2. The van der Waals surface area contributed by atoms with Crippen LogP contribution in [0, 0.1) is 29.6 Å². The normalized spacial score (nSPS) is 7.94. The van der Waals surface area contributed by atoms with E-state index in [1.807, 2.05) is 31.2 Å². The van der Waals surface area contributed by atoms with Crippen LogP contribution in [0.25, 0.3) is 0 Å². The second kappa shape index (κ2) is 7.27. The molecule has 16 heavy (non-hydrogen) atoms. The van der Waals surface area contributed by atoms with Gasteiger partial charge in [-0.3, -0.25) is 0 Å². The van der Waals surface area contributed by atoms with Gasteiger partial charge < -0.3 is 17.9 Å². The van der Waals surface area contributed by atoms with Gasteiger partial charge in [0.2, 0.25) is 0 Å². The molecule has 0 spiro atoms. The summed E-state index contributed by atoms with van der Waals surface area (Å²) in [6.07, 6.45) is 0. The summed E-state index contributed by atoms with van der Waals surface area (Å²) in [5.74, 6) is 0. The van der Waals surface area contributed by atoms with Crippen molar-refractivity contribution in [3.05, 3.63) is 40.4 Å². The Bertz CT molecular complexity index is 449. The zero-order chi connectivity index (χ0) is 11.3. The molecule has 3 nitrogen and oxygen atoms in total. The molecule has 0 aromatic heterocycles. The van der Waals surface area contributed by atoms with Crippen LogP contribution < -0.4 is 34.9 Å². The topological polar surface area (TPSA) is 59.6 Å². The van der Waals surface area contributed by atoms with Crippen LogP contribution in [0.2, 0.25) is 0 Å². The third-order valence-electron chi connectivity index (χ3n) is 1.76. The van der Waals surface area contributed by atoms with Gasteiger partial charge in [0.05, 0.1) is 0 Å². The van der Waals surface area contributed by atoms with E-state index in [4.69, 9.17) is 23.2 Å². The molecule has 5 heteroatoms. The van der Waals surface area contributed by atoms with E-state index >= 15 is 0 Å². The average Bonchev–Trinajstić information content (AvgIpc) is 2.23. The van der Waals surface area contributed by atoms with E-state index in [-0.39, 0.29) is 40.2 Å².